The third-order valence-corrected chi connectivity index (χ3v) is 6.24. The molecule has 1 atom stereocenters. The van der Waals surface area contributed by atoms with E-state index in [4.69, 9.17) is 32.4 Å². The number of ether oxygens (including phenoxy) is 1. The molecule has 0 bridgehead atoms. The second-order valence-electron chi connectivity index (χ2n) is 8.43. The number of amides is 2. The van der Waals surface area contributed by atoms with Crippen LogP contribution in [-0.2, 0) is 4.79 Å². The van der Waals surface area contributed by atoms with Crippen LogP contribution in [0.25, 0.3) is 11.1 Å². The highest BCUT2D eigenvalue weighted by Gasteiger charge is 2.52. The number of halogens is 3. The van der Waals surface area contributed by atoms with Gasteiger partial charge in [0.15, 0.2) is 5.76 Å². The Kier molecular flexibility index (Phi) is 7.05. The number of nitrogens with zero attached hydrogens (tertiary/aromatic N) is 1. The maximum Gasteiger partial charge on any atom is 0.287 e. The number of aromatic nitrogens is 1. The van der Waals surface area contributed by atoms with Crippen molar-refractivity contribution >= 4 is 35.0 Å². The number of aryl methyl sites for hydroxylation is 1. The van der Waals surface area contributed by atoms with Crippen molar-refractivity contribution in [2.75, 3.05) is 6.61 Å². The predicted octanol–water partition coefficient (Wildman–Crippen LogP) is 5.63. The van der Waals surface area contributed by atoms with Gasteiger partial charge in [0.2, 0.25) is 5.91 Å². The average Bonchev–Trinajstić information content (AvgIpc) is 3.45. The van der Waals surface area contributed by atoms with Crippen molar-refractivity contribution in [3.05, 3.63) is 69.6 Å². The molecule has 0 unspecified atom stereocenters. The number of carbonyl (C=O) groups excluding carboxylic acids is 2. The van der Waals surface area contributed by atoms with Gasteiger partial charge in [0.25, 0.3) is 5.91 Å². The maximum atomic E-state index is 15.1. The van der Waals surface area contributed by atoms with Crippen molar-refractivity contribution in [2.45, 2.75) is 45.2 Å². The summed E-state index contributed by atoms with van der Waals surface area (Å²) in [6.07, 6.45) is 2.42. The van der Waals surface area contributed by atoms with Crippen LogP contribution in [0.2, 0.25) is 10.0 Å². The number of nitrogens with one attached hydrogen (secondary N) is 2. The number of pyridine rings is 1. The van der Waals surface area contributed by atoms with E-state index in [-0.39, 0.29) is 11.5 Å². The summed E-state index contributed by atoms with van der Waals surface area (Å²) in [7, 11) is 0. The first kappa shape index (κ1) is 25.0. The largest absolute Gasteiger partial charge is 0.492 e. The Morgan fingerprint density at radius 2 is 2.00 bits per heavy atom. The molecule has 184 valence electrons. The first-order chi connectivity index (χ1) is 16.6. The van der Waals surface area contributed by atoms with Crippen LogP contribution in [0.5, 0.6) is 5.75 Å². The van der Waals surface area contributed by atoms with Crippen LogP contribution >= 0.6 is 23.2 Å². The van der Waals surface area contributed by atoms with Crippen LogP contribution in [0.1, 0.15) is 54.7 Å². The lowest BCUT2D eigenvalue weighted by Gasteiger charge is -2.21. The fourth-order valence-corrected chi connectivity index (χ4v) is 4.30. The third-order valence-electron chi connectivity index (χ3n) is 5.74. The average molecular weight is 520 g/mol. The monoisotopic (exact) mass is 519 g/mol. The molecule has 1 aromatic carbocycles. The summed E-state index contributed by atoms with van der Waals surface area (Å²) in [5, 5.41) is 6.17. The quantitative estimate of drug-likeness (QED) is 0.402. The molecule has 2 aromatic heterocycles. The molecule has 1 aliphatic rings. The van der Waals surface area contributed by atoms with Crippen molar-refractivity contribution in [2.24, 2.45) is 0 Å². The minimum atomic E-state index is -1.05. The molecule has 2 heterocycles. The van der Waals surface area contributed by atoms with E-state index in [0.29, 0.717) is 52.1 Å². The number of benzene rings is 1. The molecule has 35 heavy (non-hydrogen) atoms. The summed E-state index contributed by atoms with van der Waals surface area (Å²) >= 11 is 12.4. The van der Waals surface area contributed by atoms with E-state index in [0.717, 1.165) is 0 Å². The van der Waals surface area contributed by atoms with E-state index < -0.39 is 29.2 Å². The van der Waals surface area contributed by atoms with Gasteiger partial charge in [-0.15, -0.1) is 0 Å². The van der Waals surface area contributed by atoms with Crippen molar-refractivity contribution in [3.8, 4) is 16.9 Å². The van der Waals surface area contributed by atoms with E-state index in [1.807, 2.05) is 6.92 Å². The molecule has 1 fully saturated rings. The highest BCUT2D eigenvalue weighted by molar-refractivity contribution is 6.36. The summed E-state index contributed by atoms with van der Waals surface area (Å²) in [4.78, 5) is 29.6. The molecular formula is C25H24Cl2FN3O4. The SMILES string of the molecule is CCOc1c(Cl)cc(Cl)cc1-c1cnc([C@@H](C)NC(=O)C2(NC(=O)c3ccc(C)o3)CC2)c(F)c1. The molecule has 2 amide bonds. The maximum absolute atomic E-state index is 15.1. The van der Waals surface area contributed by atoms with E-state index in [1.165, 1.54) is 12.3 Å². The molecule has 10 heteroatoms. The molecule has 7 nitrogen and oxygen atoms in total. The zero-order valence-corrected chi connectivity index (χ0v) is 20.9. The normalized spacial score (nSPS) is 14.8. The van der Waals surface area contributed by atoms with Gasteiger partial charge in [-0.3, -0.25) is 14.6 Å². The summed E-state index contributed by atoms with van der Waals surface area (Å²) in [5.74, 6) is -0.396. The van der Waals surface area contributed by atoms with Crippen LogP contribution in [0.4, 0.5) is 4.39 Å². The van der Waals surface area contributed by atoms with Gasteiger partial charge in [0, 0.05) is 22.3 Å². The Balaban J connectivity index is 1.50. The van der Waals surface area contributed by atoms with Crippen molar-refractivity contribution in [1.82, 2.24) is 15.6 Å². The van der Waals surface area contributed by atoms with E-state index in [2.05, 4.69) is 15.6 Å². The third kappa shape index (κ3) is 5.28. The first-order valence-electron chi connectivity index (χ1n) is 11.1. The molecule has 1 aliphatic carbocycles. The molecule has 0 spiro atoms. The fraction of sp³-hybridized carbons (Fsp3) is 0.320. The van der Waals surface area contributed by atoms with E-state index in [1.54, 1.807) is 38.1 Å². The Labute approximate surface area is 212 Å². The van der Waals surface area contributed by atoms with Crippen molar-refractivity contribution in [3.63, 3.8) is 0 Å². The van der Waals surface area contributed by atoms with E-state index in [9.17, 15) is 9.59 Å². The van der Waals surface area contributed by atoms with Crippen LogP contribution in [0.15, 0.2) is 40.9 Å². The van der Waals surface area contributed by atoms with Crippen LogP contribution in [0, 0.1) is 12.7 Å². The lowest BCUT2D eigenvalue weighted by atomic mass is 10.0. The molecule has 0 aliphatic heterocycles. The van der Waals surface area contributed by atoms with Crippen molar-refractivity contribution < 1.29 is 23.1 Å². The van der Waals surface area contributed by atoms with Gasteiger partial charge in [0.05, 0.1) is 23.4 Å². The Hall–Kier alpha value is -3.10. The molecular weight excluding hydrogens is 496 g/mol. The fourth-order valence-electron chi connectivity index (χ4n) is 3.75. The molecule has 0 saturated heterocycles. The van der Waals surface area contributed by atoms with Gasteiger partial charge in [0.1, 0.15) is 22.9 Å². The number of furan rings is 1. The molecule has 0 radical (unpaired) electrons. The lowest BCUT2D eigenvalue weighted by Crippen LogP contribution is -2.49. The molecule has 1 saturated carbocycles. The second-order valence-corrected chi connectivity index (χ2v) is 9.27. The Bertz CT molecular complexity index is 1290. The molecule has 2 N–H and O–H groups in total. The smallest absolute Gasteiger partial charge is 0.287 e. The van der Waals surface area contributed by atoms with Crippen LogP contribution < -0.4 is 15.4 Å². The summed E-state index contributed by atoms with van der Waals surface area (Å²) < 4.78 is 26.0. The predicted molar refractivity (Wildman–Crippen MR) is 130 cm³/mol. The lowest BCUT2D eigenvalue weighted by molar-refractivity contribution is -0.124. The summed E-state index contributed by atoms with van der Waals surface area (Å²) in [6, 6.07) is 6.94. The van der Waals surface area contributed by atoms with Gasteiger partial charge < -0.3 is 19.8 Å². The standard InChI is InChI=1S/C25H24Cl2FN3O4/c1-4-34-22-17(10-16(26)11-18(22)27)15-9-19(28)21(29-12-15)14(3)30-24(33)25(7-8-25)31-23(32)20-6-5-13(2)35-20/h5-6,9-12,14H,4,7-8H2,1-3H3,(H,30,33)(H,31,32)/t14-/m1/s1. The Morgan fingerprint density at radius 1 is 1.26 bits per heavy atom. The topological polar surface area (TPSA) is 93.5 Å². The number of carbonyl (C=O) groups is 2. The number of hydrogen-bond acceptors (Lipinski definition) is 5. The number of rotatable bonds is 8. The number of hydrogen-bond donors (Lipinski definition) is 2. The van der Waals surface area contributed by atoms with Crippen LogP contribution in [-0.4, -0.2) is 28.9 Å². The highest BCUT2D eigenvalue weighted by atomic mass is 35.5. The molecule has 4 rings (SSSR count). The Morgan fingerprint density at radius 3 is 2.60 bits per heavy atom. The zero-order valence-electron chi connectivity index (χ0n) is 19.4. The highest BCUT2D eigenvalue weighted by Crippen LogP contribution is 2.40. The summed E-state index contributed by atoms with van der Waals surface area (Å²) in [5.41, 5.74) is -0.0621. The zero-order chi connectivity index (χ0) is 25.3. The molecule has 3 aromatic rings. The van der Waals surface area contributed by atoms with Crippen LogP contribution in [0.3, 0.4) is 0 Å². The minimum Gasteiger partial charge on any atom is -0.492 e. The van der Waals surface area contributed by atoms with Gasteiger partial charge in [-0.05, 0) is 63.9 Å². The van der Waals surface area contributed by atoms with Gasteiger partial charge in [-0.25, -0.2) is 4.39 Å². The first-order valence-corrected chi connectivity index (χ1v) is 11.9. The van der Waals surface area contributed by atoms with Gasteiger partial charge in [-0.2, -0.15) is 0 Å². The summed E-state index contributed by atoms with van der Waals surface area (Å²) in [6.45, 7) is 5.52. The second kappa shape index (κ2) is 9.87. The van der Waals surface area contributed by atoms with Crippen molar-refractivity contribution in [1.29, 1.82) is 0 Å². The van der Waals surface area contributed by atoms with Gasteiger partial charge >= 0.3 is 0 Å². The minimum absolute atomic E-state index is 0.0528. The van der Waals surface area contributed by atoms with Gasteiger partial charge in [-0.1, -0.05) is 23.2 Å². The van der Waals surface area contributed by atoms with E-state index >= 15 is 4.39 Å².